The van der Waals surface area contributed by atoms with Gasteiger partial charge in [0.05, 0.1) is 11.2 Å². The lowest BCUT2D eigenvalue weighted by Gasteiger charge is -2.01. The van der Waals surface area contributed by atoms with Crippen LogP contribution in [0.4, 0.5) is 0 Å². The highest BCUT2D eigenvalue weighted by Gasteiger charge is 2.05. The molecule has 0 N–H and O–H groups in total. The van der Waals surface area contributed by atoms with Crippen LogP contribution < -0.4 is 0 Å². The molecule has 2 aromatic heterocycles. The van der Waals surface area contributed by atoms with Crippen molar-refractivity contribution in [1.29, 1.82) is 0 Å². The van der Waals surface area contributed by atoms with E-state index in [1.54, 1.807) is 30.4 Å². The molecule has 72 valence electrons. The van der Waals surface area contributed by atoms with Crippen molar-refractivity contribution < 1.29 is 4.42 Å². The van der Waals surface area contributed by atoms with E-state index in [4.69, 9.17) is 4.42 Å². The summed E-state index contributed by atoms with van der Waals surface area (Å²) < 4.78 is 6.23. The minimum atomic E-state index is 0.943. The Morgan fingerprint density at radius 1 is 1.36 bits per heavy atom. The molecule has 0 spiro atoms. The first kappa shape index (κ1) is 9.80. The molecule has 0 aromatic carbocycles. The van der Waals surface area contributed by atoms with E-state index >= 15 is 0 Å². The number of pyridine rings is 1. The Kier molecular flexibility index (Phi) is 2.93. The van der Waals surface area contributed by atoms with Gasteiger partial charge in [-0.05, 0) is 35.0 Å². The Hall–Kier alpha value is -0.740. The van der Waals surface area contributed by atoms with Crippen LogP contribution in [0, 0.1) is 6.92 Å². The number of nitrogens with zero attached hydrogens (tertiary/aromatic N) is 1. The maximum atomic E-state index is 5.22. The Bertz CT molecular complexity index is 441. The molecule has 0 amide bonds. The topological polar surface area (TPSA) is 26.0 Å². The zero-order valence-electron chi connectivity index (χ0n) is 7.53. The lowest BCUT2D eigenvalue weighted by atomic mass is 10.5. The number of aromatic nitrogens is 1. The van der Waals surface area contributed by atoms with Crippen LogP contribution in [-0.4, -0.2) is 4.98 Å². The molecular formula is C10H8BrNOS. The molecule has 0 saturated carbocycles. The third-order valence-corrected chi connectivity index (χ3v) is 3.88. The lowest BCUT2D eigenvalue weighted by molar-refractivity contribution is 0.527. The van der Waals surface area contributed by atoms with Gasteiger partial charge in [-0.25, -0.2) is 0 Å². The van der Waals surface area contributed by atoms with Crippen molar-refractivity contribution in [2.45, 2.75) is 16.7 Å². The van der Waals surface area contributed by atoms with Crippen molar-refractivity contribution in [2.24, 2.45) is 0 Å². The van der Waals surface area contributed by atoms with Crippen molar-refractivity contribution in [1.82, 2.24) is 4.98 Å². The molecule has 14 heavy (non-hydrogen) atoms. The number of hydrogen-bond acceptors (Lipinski definition) is 3. The van der Waals surface area contributed by atoms with Crippen molar-refractivity contribution in [3.8, 4) is 0 Å². The third kappa shape index (κ3) is 2.01. The summed E-state index contributed by atoms with van der Waals surface area (Å²) in [4.78, 5) is 6.29. The van der Waals surface area contributed by atoms with Crippen LogP contribution in [0.15, 0.2) is 49.5 Å². The van der Waals surface area contributed by atoms with E-state index in [1.807, 2.05) is 19.1 Å². The van der Waals surface area contributed by atoms with Crippen molar-refractivity contribution >= 4 is 27.7 Å². The normalized spacial score (nSPS) is 10.4. The summed E-state index contributed by atoms with van der Waals surface area (Å²) in [6, 6.07) is 3.94. The first-order chi connectivity index (χ1) is 6.77. The van der Waals surface area contributed by atoms with E-state index in [-0.39, 0.29) is 0 Å². The summed E-state index contributed by atoms with van der Waals surface area (Å²) in [6.45, 7) is 1.96. The molecule has 0 fully saturated rings. The molecule has 2 rings (SSSR count). The monoisotopic (exact) mass is 269 g/mol. The van der Waals surface area contributed by atoms with E-state index in [9.17, 15) is 0 Å². The molecule has 0 bridgehead atoms. The minimum Gasteiger partial charge on any atom is -0.468 e. The zero-order chi connectivity index (χ0) is 9.97. The van der Waals surface area contributed by atoms with Gasteiger partial charge in [0.25, 0.3) is 0 Å². The summed E-state index contributed by atoms with van der Waals surface area (Å²) in [5.74, 6) is 0.943. The number of rotatable bonds is 2. The molecule has 0 aliphatic rings. The first-order valence-corrected chi connectivity index (χ1v) is 5.70. The maximum absolute atomic E-state index is 5.22. The molecule has 0 saturated heterocycles. The van der Waals surface area contributed by atoms with Crippen LogP contribution in [0.1, 0.15) is 5.76 Å². The maximum Gasteiger partial charge on any atom is 0.114 e. The number of halogens is 1. The van der Waals surface area contributed by atoms with Gasteiger partial charge in [-0.15, -0.1) is 0 Å². The van der Waals surface area contributed by atoms with Gasteiger partial charge in [0.15, 0.2) is 0 Å². The fourth-order valence-electron chi connectivity index (χ4n) is 1.04. The summed E-state index contributed by atoms with van der Waals surface area (Å²) in [6.07, 6.45) is 5.27. The van der Waals surface area contributed by atoms with Crippen LogP contribution in [0.2, 0.25) is 0 Å². The standard InChI is InChI=1S/C10H8BrNOS/c1-7-9(3-5-13-7)14-10-2-4-12-6-8(10)11/h2-6H,1H3. The second-order valence-electron chi connectivity index (χ2n) is 2.75. The zero-order valence-corrected chi connectivity index (χ0v) is 9.93. The molecule has 0 unspecified atom stereocenters. The quantitative estimate of drug-likeness (QED) is 0.827. The molecule has 0 atom stereocenters. The summed E-state index contributed by atoms with van der Waals surface area (Å²) in [7, 11) is 0. The largest absolute Gasteiger partial charge is 0.468 e. The van der Waals surface area contributed by atoms with Crippen molar-refractivity contribution in [3.63, 3.8) is 0 Å². The van der Waals surface area contributed by atoms with Crippen LogP contribution in [0.5, 0.6) is 0 Å². The average Bonchev–Trinajstić information content (AvgIpc) is 2.56. The number of furan rings is 1. The molecule has 4 heteroatoms. The Morgan fingerprint density at radius 3 is 2.86 bits per heavy atom. The van der Waals surface area contributed by atoms with Gasteiger partial charge in [0, 0.05) is 21.8 Å². The Labute approximate surface area is 94.9 Å². The smallest absolute Gasteiger partial charge is 0.114 e. The molecule has 0 radical (unpaired) electrons. The van der Waals surface area contributed by atoms with E-state index in [0.717, 1.165) is 20.0 Å². The predicted molar refractivity (Wildman–Crippen MR) is 59.5 cm³/mol. The predicted octanol–water partition coefficient (Wildman–Crippen LogP) is 3.90. The van der Waals surface area contributed by atoms with Gasteiger partial charge in [-0.1, -0.05) is 11.8 Å². The van der Waals surface area contributed by atoms with E-state index in [1.165, 1.54) is 0 Å². The van der Waals surface area contributed by atoms with Gasteiger partial charge >= 0.3 is 0 Å². The molecule has 0 aliphatic carbocycles. The van der Waals surface area contributed by atoms with Gasteiger partial charge in [-0.3, -0.25) is 4.98 Å². The Morgan fingerprint density at radius 2 is 2.21 bits per heavy atom. The minimum absolute atomic E-state index is 0.943. The number of aryl methyl sites for hydroxylation is 1. The van der Waals surface area contributed by atoms with Gasteiger partial charge in [0.2, 0.25) is 0 Å². The second kappa shape index (κ2) is 4.19. The van der Waals surface area contributed by atoms with Crippen molar-refractivity contribution in [2.75, 3.05) is 0 Å². The summed E-state index contributed by atoms with van der Waals surface area (Å²) in [5.41, 5.74) is 0. The van der Waals surface area contributed by atoms with E-state index < -0.39 is 0 Å². The van der Waals surface area contributed by atoms with Gasteiger partial charge in [0.1, 0.15) is 5.76 Å². The third-order valence-electron chi connectivity index (χ3n) is 1.77. The SMILES string of the molecule is Cc1occc1Sc1ccncc1Br. The van der Waals surface area contributed by atoms with E-state index in [0.29, 0.717) is 0 Å². The molecule has 2 heterocycles. The van der Waals surface area contributed by atoms with Crippen LogP contribution in [0.25, 0.3) is 0 Å². The van der Waals surface area contributed by atoms with Crippen LogP contribution >= 0.6 is 27.7 Å². The van der Waals surface area contributed by atoms with E-state index in [2.05, 4.69) is 20.9 Å². The lowest BCUT2D eigenvalue weighted by Crippen LogP contribution is -1.77. The van der Waals surface area contributed by atoms with Crippen LogP contribution in [0.3, 0.4) is 0 Å². The fraction of sp³-hybridized carbons (Fsp3) is 0.100. The van der Waals surface area contributed by atoms with Crippen molar-refractivity contribution in [3.05, 3.63) is 41.0 Å². The molecule has 2 nitrogen and oxygen atoms in total. The summed E-state index contributed by atoms with van der Waals surface area (Å²) in [5, 5.41) is 0. The fourth-order valence-corrected chi connectivity index (χ4v) is 2.37. The first-order valence-electron chi connectivity index (χ1n) is 4.09. The molecular weight excluding hydrogens is 262 g/mol. The number of hydrogen-bond donors (Lipinski definition) is 0. The average molecular weight is 270 g/mol. The highest BCUT2D eigenvalue weighted by molar-refractivity contribution is 9.10. The highest BCUT2D eigenvalue weighted by atomic mass is 79.9. The van der Waals surface area contributed by atoms with Gasteiger partial charge < -0.3 is 4.42 Å². The highest BCUT2D eigenvalue weighted by Crippen LogP contribution is 2.34. The Balaban J connectivity index is 2.28. The molecule has 0 aliphatic heterocycles. The van der Waals surface area contributed by atoms with Crippen LogP contribution in [-0.2, 0) is 0 Å². The second-order valence-corrected chi connectivity index (χ2v) is 4.69. The van der Waals surface area contributed by atoms with Gasteiger partial charge in [-0.2, -0.15) is 0 Å². The molecule has 2 aromatic rings. The summed E-state index contributed by atoms with van der Waals surface area (Å²) >= 11 is 5.12.